The van der Waals surface area contributed by atoms with Gasteiger partial charge in [0.2, 0.25) is 11.6 Å². The molecule has 0 amide bonds. The van der Waals surface area contributed by atoms with Gasteiger partial charge in [-0.05, 0) is 81.4 Å². The van der Waals surface area contributed by atoms with Gasteiger partial charge in [0.15, 0.2) is 11.6 Å². The number of anilines is 4. The number of carbonyl (C=O) groups excluding carboxylic acids is 2. The molecule has 0 radical (unpaired) electrons. The van der Waals surface area contributed by atoms with Crippen molar-refractivity contribution in [1.82, 2.24) is 0 Å². The largest absolute Gasteiger partial charge is 0.507 e. The van der Waals surface area contributed by atoms with E-state index in [2.05, 4.69) is 10.6 Å². The van der Waals surface area contributed by atoms with Gasteiger partial charge in [-0.25, -0.2) is 4.39 Å². The van der Waals surface area contributed by atoms with E-state index in [-0.39, 0.29) is 30.3 Å². The van der Waals surface area contributed by atoms with Crippen molar-refractivity contribution in [3.63, 3.8) is 0 Å². The summed E-state index contributed by atoms with van der Waals surface area (Å²) in [7, 11) is 0. The van der Waals surface area contributed by atoms with Crippen LogP contribution in [-0.2, 0) is 4.74 Å². The predicted octanol–water partition coefficient (Wildman–Crippen LogP) is 6.71. The molecule has 0 aromatic heterocycles. The second-order valence-electron chi connectivity index (χ2n) is 9.87. The highest BCUT2D eigenvalue weighted by Crippen LogP contribution is 2.49. The number of phenolic OH excluding ortho intramolecular Hbond substituents is 2. The number of benzene rings is 4. The number of ether oxygens (including phenoxy) is 4. The van der Waals surface area contributed by atoms with Crippen LogP contribution in [0, 0.1) is 5.82 Å². The topological polar surface area (TPSA) is 136 Å². The molecular weight excluding hydrogens is 583 g/mol. The average molecular weight is 617 g/mol. The number of hydrogen-bond donors (Lipinski definition) is 4. The third-order valence-electron chi connectivity index (χ3n) is 7.01. The maximum atomic E-state index is 16.8. The summed E-state index contributed by atoms with van der Waals surface area (Å²) in [6.45, 7) is 6.96. The zero-order valence-electron chi connectivity index (χ0n) is 25.0. The molecular formula is C34H33FN2O8. The van der Waals surface area contributed by atoms with Crippen LogP contribution in [0.25, 0.3) is 0 Å². The van der Waals surface area contributed by atoms with Crippen molar-refractivity contribution in [2.45, 2.75) is 20.8 Å². The summed E-state index contributed by atoms with van der Waals surface area (Å²) in [5.74, 6) is -2.95. The van der Waals surface area contributed by atoms with Crippen molar-refractivity contribution in [3.05, 3.63) is 88.7 Å². The van der Waals surface area contributed by atoms with E-state index in [1.807, 2.05) is 20.8 Å². The Hall–Kier alpha value is -5.29. The lowest BCUT2D eigenvalue weighted by molar-refractivity contribution is 0.0956. The van der Waals surface area contributed by atoms with Crippen molar-refractivity contribution in [1.29, 1.82) is 0 Å². The molecule has 0 spiro atoms. The average Bonchev–Trinajstić information content (AvgIpc) is 3.03. The van der Waals surface area contributed by atoms with Crippen LogP contribution in [0.2, 0.25) is 0 Å². The molecule has 0 aliphatic heterocycles. The maximum Gasteiger partial charge on any atom is 0.202 e. The second-order valence-corrected chi connectivity index (χ2v) is 9.87. The molecule has 4 N–H and O–H groups in total. The van der Waals surface area contributed by atoms with Gasteiger partial charge in [0.25, 0.3) is 0 Å². The zero-order valence-corrected chi connectivity index (χ0v) is 25.0. The molecule has 0 atom stereocenters. The van der Waals surface area contributed by atoms with E-state index in [1.54, 1.807) is 48.5 Å². The first-order chi connectivity index (χ1) is 21.8. The summed E-state index contributed by atoms with van der Waals surface area (Å²) in [5, 5.41) is 27.3. The normalized spacial score (nSPS) is 11.9. The molecule has 10 nitrogen and oxygen atoms in total. The van der Waals surface area contributed by atoms with Gasteiger partial charge in [-0.15, -0.1) is 0 Å². The molecule has 0 unspecified atom stereocenters. The standard InChI is InChI=1S/C34H33FN2O8/c1-4-42-17-18-45-34-28-27(32(40)25-23(38)15-16-24(39)26(25)33(28)41)29(35)30(36-19-7-11-21(12-8-19)43-5-2)31(34)37-20-9-13-22(14-10-20)44-6-3/h7-16,36-39H,4-6,17-18H2,1-3H3. The van der Waals surface area contributed by atoms with Gasteiger partial charge in [0.05, 0.1) is 42.1 Å². The number of aromatic hydroxyl groups is 2. The molecule has 0 saturated heterocycles. The Morgan fingerprint density at radius 1 is 0.600 bits per heavy atom. The molecule has 0 bridgehead atoms. The zero-order chi connectivity index (χ0) is 32.1. The van der Waals surface area contributed by atoms with Gasteiger partial charge in [0, 0.05) is 18.0 Å². The molecule has 1 aliphatic carbocycles. The molecule has 234 valence electrons. The summed E-state index contributed by atoms with van der Waals surface area (Å²) in [6.07, 6.45) is 0. The molecule has 11 heteroatoms. The maximum absolute atomic E-state index is 16.8. The Labute approximate surface area is 259 Å². The summed E-state index contributed by atoms with van der Waals surface area (Å²) >= 11 is 0. The lowest BCUT2D eigenvalue weighted by Gasteiger charge is -2.27. The number of phenols is 2. The van der Waals surface area contributed by atoms with Gasteiger partial charge in [0.1, 0.15) is 41.0 Å². The summed E-state index contributed by atoms with van der Waals surface area (Å²) in [5.41, 5.74) is -1.17. The monoisotopic (exact) mass is 616 g/mol. The third kappa shape index (κ3) is 6.20. The summed E-state index contributed by atoms with van der Waals surface area (Å²) < 4.78 is 39.4. The van der Waals surface area contributed by atoms with E-state index in [9.17, 15) is 19.8 Å². The lowest BCUT2D eigenvalue weighted by atomic mass is 9.81. The van der Waals surface area contributed by atoms with Gasteiger partial charge < -0.3 is 39.8 Å². The number of nitrogens with one attached hydrogen (secondary N) is 2. The fraction of sp³-hybridized carbons (Fsp3) is 0.235. The van der Waals surface area contributed by atoms with Crippen LogP contribution in [0.15, 0.2) is 60.7 Å². The number of rotatable bonds is 13. The Bertz CT molecular complexity index is 1720. The first-order valence-electron chi connectivity index (χ1n) is 14.5. The summed E-state index contributed by atoms with van der Waals surface area (Å²) in [4.78, 5) is 27.8. The number of halogens is 1. The molecule has 1 aliphatic rings. The molecule has 5 rings (SSSR count). The van der Waals surface area contributed by atoms with E-state index in [0.29, 0.717) is 42.7 Å². The highest BCUT2D eigenvalue weighted by Gasteiger charge is 2.42. The van der Waals surface area contributed by atoms with Gasteiger partial charge in [-0.3, -0.25) is 9.59 Å². The first kappa shape index (κ1) is 31.1. The first-order valence-corrected chi connectivity index (χ1v) is 14.5. The van der Waals surface area contributed by atoms with Crippen LogP contribution >= 0.6 is 0 Å². The number of fused-ring (bicyclic) bond motifs is 2. The van der Waals surface area contributed by atoms with Crippen molar-refractivity contribution in [2.24, 2.45) is 0 Å². The van der Waals surface area contributed by atoms with Gasteiger partial charge in [-0.2, -0.15) is 0 Å². The smallest absolute Gasteiger partial charge is 0.202 e. The van der Waals surface area contributed by atoms with E-state index in [4.69, 9.17) is 18.9 Å². The van der Waals surface area contributed by atoms with E-state index in [1.165, 1.54) is 0 Å². The molecule has 4 aromatic carbocycles. The van der Waals surface area contributed by atoms with Crippen molar-refractivity contribution >= 4 is 34.3 Å². The molecule has 45 heavy (non-hydrogen) atoms. The minimum Gasteiger partial charge on any atom is -0.507 e. The third-order valence-corrected chi connectivity index (χ3v) is 7.01. The number of carbonyl (C=O) groups is 2. The minimum atomic E-state index is -1.06. The van der Waals surface area contributed by atoms with Crippen LogP contribution < -0.4 is 24.8 Å². The Morgan fingerprint density at radius 2 is 1.09 bits per heavy atom. The van der Waals surface area contributed by atoms with E-state index < -0.39 is 51.1 Å². The van der Waals surface area contributed by atoms with Crippen molar-refractivity contribution in [3.8, 4) is 28.7 Å². The van der Waals surface area contributed by atoms with Gasteiger partial charge in [-0.1, -0.05) is 0 Å². The van der Waals surface area contributed by atoms with Gasteiger partial charge >= 0.3 is 0 Å². The van der Waals surface area contributed by atoms with Crippen molar-refractivity contribution in [2.75, 3.05) is 43.7 Å². The Balaban J connectivity index is 1.74. The Morgan fingerprint density at radius 3 is 1.58 bits per heavy atom. The molecule has 0 saturated carbocycles. The van der Waals surface area contributed by atoms with Crippen LogP contribution in [0.1, 0.15) is 52.6 Å². The van der Waals surface area contributed by atoms with Crippen LogP contribution in [-0.4, -0.2) is 54.8 Å². The Kier molecular flexibility index (Phi) is 9.39. The quantitative estimate of drug-likeness (QED) is 0.0835. The second kappa shape index (κ2) is 13.6. The minimum absolute atomic E-state index is 0.0186. The van der Waals surface area contributed by atoms with E-state index >= 15 is 4.39 Å². The van der Waals surface area contributed by atoms with Crippen LogP contribution in [0.5, 0.6) is 28.7 Å². The highest BCUT2D eigenvalue weighted by atomic mass is 19.1. The van der Waals surface area contributed by atoms with Crippen LogP contribution in [0.4, 0.5) is 27.1 Å². The van der Waals surface area contributed by atoms with Crippen molar-refractivity contribution < 1.29 is 43.1 Å². The number of hydrogen-bond acceptors (Lipinski definition) is 10. The fourth-order valence-electron chi connectivity index (χ4n) is 5.04. The lowest BCUT2D eigenvalue weighted by Crippen LogP contribution is -2.25. The molecule has 4 aromatic rings. The number of ketones is 2. The van der Waals surface area contributed by atoms with Crippen LogP contribution in [0.3, 0.4) is 0 Å². The molecule has 0 heterocycles. The SMILES string of the molecule is CCOCCOc1c(Nc2ccc(OCC)cc2)c(Nc2ccc(OCC)cc2)c(F)c2c1C(=O)c1c(O)ccc(O)c1C2=O. The predicted molar refractivity (Wildman–Crippen MR) is 167 cm³/mol. The highest BCUT2D eigenvalue weighted by molar-refractivity contribution is 6.32. The molecule has 0 fully saturated rings. The van der Waals surface area contributed by atoms with E-state index in [0.717, 1.165) is 12.1 Å². The summed E-state index contributed by atoms with van der Waals surface area (Å²) in [6, 6.07) is 15.8. The fourth-order valence-corrected chi connectivity index (χ4v) is 5.04.